The maximum absolute atomic E-state index is 12.4. The Bertz CT molecular complexity index is 299. The molecule has 0 bridgehead atoms. The highest BCUT2D eigenvalue weighted by Crippen LogP contribution is 2.36. The maximum Gasteiger partial charge on any atom is 0.309 e. The number of rotatable bonds is 8. The molecule has 0 radical (unpaired) electrons. The molecule has 0 aromatic rings. The normalized spacial score (nSPS) is 15.6. The highest BCUT2D eigenvalue weighted by molar-refractivity contribution is 6.17. The Balaban J connectivity index is 4.31. The number of alkyl halides is 1. The van der Waals surface area contributed by atoms with Crippen LogP contribution in [-0.2, 0) is 9.53 Å². The average molecular weight is 319 g/mol. The highest BCUT2D eigenvalue weighted by atomic mass is 35.5. The van der Waals surface area contributed by atoms with E-state index in [1.807, 2.05) is 0 Å². The molecule has 2 nitrogen and oxygen atoms in total. The zero-order chi connectivity index (χ0) is 16.7. The largest absolute Gasteiger partial charge is 0.465 e. The van der Waals surface area contributed by atoms with Crippen LogP contribution in [0.2, 0.25) is 0 Å². The van der Waals surface area contributed by atoms with Gasteiger partial charge in [0.05, 0.1) is 12.5 Å². The molecule has 0 amide bonds. The summed E-state index contributed by atoms with van der Waals surface area (Å²) in [5.41, 5.74) is 0.0715. The van der Waals surface area contributed by atoms with Crippen molar-refractivity contribution in [2.24, 2.45) is 22.7 Å². The molecule has 0 aliphatic rings. The van der Waals surface area contributed by atoms with Crippen molar-refractivity contribution in [1.82, 2.24) is 0 Å². The van der Waals surface area contributed by atoms with Gasteiger partial charge in [0.25, 0.3) is 0 Å². The SMILES string of the molecule is CC(CCCl)CCCOC(=O)C(CC(C)(C)C)C(C)(C)C. The number of carbonyl (C=O) groups is 1. The fraction of sp³-hybridized carbons (Fsp3) is 0.944. The van der Waals surface area contributed by atoms with E-state index in [0.717, 1.165) is 25.7 Å². The first-order valence-electron chi connectivity index (χ1n) is 8.20. The summed E-state index contributed by atoms with van der Waals surface area (Å²) in [6.07, 6.45) is 3.89. The van der Waals surface area contributed by atoms with E-state index >= 15 is 0 Å². The van der Waals surface area contributed by atoms with E-state index < -0.39 is 0 Å². The van der Waals surface area contributed by atoms with Crippen LogP contribution in [0.25, 0.3) is 0 Å². The lowest BCUT2D eigenvalue weighted by molar-refractivity contribution is -0.154. The van der Waals surface area contributed by atoms with Crippen LogP contribution < -0.4 is 0 Å². The molecule has 0 aromatic carbocycles. The van der Waals surface area contributed by atoms with Gasteiger partial charge in [-0.2, -0.15) is 0 Å². The second-order valence-corrected chi connectivity index (χ2v) is 8.95. The number of esters is 1. The first-order valence-corrected chi connectivity index (χ1v) is 8.73. The molecule has 0 aliphatic carbocycles. The smallest absolute Gasteiger partial charge is 0.309 e. The van der Waals surface area contributed by atoms with Crippen LogP contribution in [0.15, 0.2) is 0 Å². The average Bonchev–Trinajstić information content (AvgIpc) is 2.29. The zero-order valence-electron chi connectivity index (χ0n) is 15.1. The molecule has 2 unspecified atom stereocenters. The maximum atomic E-state index is 12.4. The molecule has 0 fully saturated rings. The quantitative estimate of drug-likeness (QED) is 0.327. The van der Waals surface area contributed by atoms with E-state index in [2.05, 4.69) is 48.5 Å². The minimum atomic E-state index is -0.0592. The summed E-state index contributed by atoms with van der Waals surface area (Å²) in [4.78, 5) is 12.4. The van der Waals surface area contributed by atoms with Crippen molar-refractivity contribution in [3.8, 4) is 0 Å². The first-order chi connectivity index (χ1) is 9.47. The topological polar surface area (TPSA) is 26.3 Å². The van der Waals surface area contributed by atoms with E-state index in [0.29, 0.717) is 18.4 Å². The summed E-state index contributed by atoms with van der Waals surface area (Å²) < 4.78 is 5.53. The third-order valence-electron chi connectivity index (χ3n) is 3.83. The molecule has 2 atom stereocenters. The number of hydrogen-bond acceptors (Lipinski definition) is 2. The van der Waals surface area contributed by atoms with Gasteiger partial charge in [-0.15, -0.1) is 11.6 Å². The van der Waals surface area contributed by atoms with Crippen LogP contribution in [0.5, 0.6) is 0 Å². The van der Waals surface area contributed by atoms with E-state index in [4.69, 9.17) is 16.3 Å². The fourth-order valence-electron chi connectivity index (χ4n) is 2.39. The van der Waals surface area contributed by atoms with E-state index in [1.54, 1.807) is 0 Å². The Morgan fingerprint density at radius 1 is 1.10 bits per heavy atom. The third kappa shape index (κ3) is 10.2. The first kappa shape index (κ1) is 20.8. The molecule has 126 valence electrons. The molecule has 0 rings (SSSR count). The van der Waals surface area contributed by atoms with Crippen LogP contribution in [0.4, 0.5) is 0 Å². The van der Waals surface area contributed by atoms with Gasteiger partial charge in [0.15, 0.2) is 0 Å². The monoisotopic (exact) mass is 318 g/mol. The zero-order valence-corrected chi connectivity index (χ0v) is 15.8. The van der Waals surface area contributed by atoms with Crippen molar-refractivity contribution in [1.29, 1.82) is 0 Å². The highest BCUT2D eigenvalue weighted by Gasteiger charge is 2.35. The van der Waals surface area contributed by atoms with Gasteiger partial charge in [0.1, 0.15) is 0 Å². The number of ether oxygens (including phenoxy) is 1. The second-order valence-electron chi connectivity index (χ2n) is 8.58. The predicted octanol–water partition coefficient (Wildman–Crippen LogP) is 5.67. The van der Waals surface area contributed by atoms with Crippen LogP contribution in [-0.4, -0.2) is 18.5 Å². The molecule has 0 aliphatic heterocycles. The molecule has 0 saturated carbocycles. The Kier molecular flexibility index (Phi) is 8.92. The molecular weight excluding hydrogens is 284 g/mol. The van der Waals surface area contributed by atoms with Crippen molar-refractivity contribution in [2.45, 2.75) is 74.1 Å². The summed E-state index contributed by atoms with van der Waals surface area (Å²) in [5.74, 6) is 1.23. The van der Waals surface area contributed by atoms with Crippen molar-refractivity contribution >= 4 is 17.6 Å². The van der Waals surface area contributed by atoms with Crippen LogP contribution in [0.1, 0.15) is 74.1 Å². The van der Waals surface area contributed by atoms with Gasteiger partial charge in [-0.05, 0) is 42.4 Å². The molecular formula is C18H35ClO2. The Labute approximate surface area is 137 Å². The summed E-state index contributed by atoms with van der Waals surface area (Å²) in [6, 6.07) is 0. The van der Waals surface area contributed by atoms with E-state index in [-0.39, 0.29) is 22.7 Å². The van der Waals surface area contributed by atoms with Crippen LogP contribution >= 0.6 is 11.6 Å². The third-order valence-corrected chi connectivity index (χ3v) is 4.05. The molecule has 21 heavy (non-hydrogen) atoms. The Morgan fingerprint density at radius 2 is 1.67 bits per heavy atom. The summed E-state index contributed by atoms with van der Waals surface area (Å²) in [7, 11) is 0. The van der Waals surface area contributed by atoms with E-state index in [9.17, 15) is 4.79 Å². The van der Waals surface area contributed by atoms with Crippen molar-refractivity contribution < 1.29 is 9.53 Å². The molecule has 3 heteroatoms. The summed E-state index contributed by atoms with van der Waals surface area (Å²) >= 11 is 5.73. The van der Waals surface area contributed by atoms with Crippen molar-refractivity contribution in [2.75, 3.05) is 12.5 Å². The summed E-state index contributed by atoms with van der Waals surface area (Å²) in [6.45, 7) is 15.6. The van der Waals surface area contributed by atoms with Gasteiger partial charge >= 0.3 is 5.97 Å². The molecule has 0 N–H and O–H groups in total. The Hall–Kier alpha value is -0.240. The van der Waals surface area contributed by atoms with Crippen molar-refractivity contribution in [3.05, 3.63) is 0 Å². The van der Waals surface area contributed by atoms with Gasteiger partial charge in [-0.1, -0.05) is 48.5 Å². The van der Waals surface area contributed by atoms with Gasteiger partial charge < -0.3 is 4.74 Å². The predicted molar refractivity (Wildman–Crippen MR) is 91.7 cm³/mol. The minimum Gasteiger partial charge on any atom is -0.465 e. The molecule has 0 aromatic heterocycles. The van der Waals surface area contributed by atoms with E-state index in [1.165, 1.54) is 0 Å². The van der Waals surface area contributed by atoms with Gasteiger partial charge in [-0.3, -0.25) is 4.79 Å². The number of hydrogen-bond donors (Lipinski definition) is 0. The van der Waals surface area contributed by atoms with Gasteiger partial charge in [-0.25, -0.2) is 0 Å². The second kappa shape index (κ2) is 9.02. The number of carbonyl (C=O) groups excluding carboxylic acids is 1. The van der Waals surface area contributed by atoms with Gasteiger partial charge in [0, 0.05) is 5.88 Å². The molecule has 0 heterocycles. The fourth-order valence-corrected chi connectivity index (χ4v) is 2.76. The van der Waals surface area contributed by atoms with Crippen LogP contribution in [0.3, 0.4) is 0 Å². The molecule has 0 saturated heterocycles. The lowest BCUT2D eigenvalue weighted by Crippen LogP contribution is -2.33. The summed E-state index contributed by atoms with van der Waals surface area (Å²) in [5, 5.41) is 0. The van der Waals surface area contributed by atoms with Crippen molar-refractivity contribution in [3.63, 3.8) is 0 Å². The van der Waals surface area contributed by atoms with Crippen LogP contribution in [0, 0.1) is 22.7 Å². The lowest BCUT2D eigenvalue weighted by Gasteiger charge is -2.33. The molecule has 0 spiro atoms. The standard InChI is InChI=1S/C18H35ClO2/c1-14(10-11-19)9-8-12-21-16(20)15(18(5,6)7)13-17(2,3)4/h14-15H,8-13H2,1-7H3. The lowest BCUT2D eigenvalue weighted by atomic mass is 9.72. The number of halogens is 1. The van der Waals surface area contributed by atoms with Gasteiger partial charge in [0.2, 0.25) is 0 Å². The Morgan fingerprint density at radius 3 is 2.10 bits per heavy atom. The minimum absolute atomic E-state index is 0.0394.